The third-order valence-corrected chi connectivity index (χ3v) is 4.91. The summed E-state index contributed by atoms with van der Waals surface area (Å²) in [7, 11) is 0. The lowest BCUT2D eigenvalue weighted by Gasteiger charge is -2.30. The molecule has 23 heavy (non-hydrogen) atoms. The Morgan fingerprint density at radius 2 is 2.17 bits per heavy atom. The van der Waals surface area contributed by atoms with Crippen molar-refractivity contribution in [2.45, 2.75) is 31.3 Å². The van der Waals surface area contributed by atoms with Gasteiger partial charge in [-0.15, -0.1) is 0 Å². The topological polar surface area (TPSA) is 49.2 Å². The van der Waals surface area contributed by atoms with Crippen LogP contribution in [0.3, 0.4) is 0 Å². The van der Waals surface area contributed by atoms with Crippen molar-refractivity contribution in [2.75, 3.05) is 18.4 Å². The van der Waals surface area contributed by atoms with Gasteiger partial charge in [-0.1, -0.05) is 6.07 Å². The molecule has 1 aromatic carbocycles. The van der Waals surface area contributed by atoms with E-state index in [4.69, 9.17) is 0 Å². The summed E-state index contributed by atoms with van der Waals surface area (Å²) in [6.45, 7) is 0.382. The summed E-state index contributed by atoms with van der Waals surface area (Å²) in [6.07, 6.45) is -4.08. The van der Waals surface area contributed by atoms with Gasteiger partial charge in [-0.2, -0.15) is 13.2 Å². The van der Waals surface area contributed by atoms with Gasteiger partial charge in [0, 0.05) is 17.6 Å². The molecular weight excluding hydrogens is 422 g/mol. The number of aliphatic hydroxyl groups excluding tert-OH is 1. The van der Waals surface area contributed by atoms with Crippen molar-refractivity contribution in [2.24, 2.45) is 0 Å². The maximum absolute atomic E-state index is 12.8. The average molecular weight is 439 g/mol. The molecule has 3 N–H and O–H groups in total. The molecule has 4 nitrogen and oxygen atoms in total. The highest BCUT2D eigenvalue weighted by Crippen LogP contribution is 2.31. The lowest BCUT2D eigenvalue weighted by atomic mass is 10.0. The first kappa shape index (κ1) is 16.8. The summed E-state index contributed by atoms with van der Waals surface area (Å²) >= 11 is 1.92. The Labute approximate surface area is 145 Å². The maximum Gasteiger partial charge on any atom is 0.406 e. The molecule has 0 amide bonds. The van der Waals surface area contributed by atoms with E-state index in [1.54, 1.807) is 18.2 Å². The first-order valence-electron chi connectivity index (χ1n) is 7.35. The zero-order valence-electron chi connectivity index (χ0n) is 12.2. The van der Waals surface area contributed by atoms with Gasteiger partial charge >= 0.3 is 6.18 Å². The molecule has 1 aromatic heterocycles. The Morgan fingerprint density at radius 3 is 2.87 bits per heavy atom. The molecule has 2 aromatic rings. The number of hydrogen-bond acceptors (Lipinski definition) is 3. The van der Waals surface area contributed by atoms with Crippen LogP contribution < -0.4 is 10.6 Å². The number of piperidine rings is 1. The molecule has 2 heterocycles. The quantitative estimate of drug-likeness (QED) is 0.645. The second-order valence-electron chi connectivity index (χ2n) is 5.72. The molecule has 1 aliphatic rings. The maximum atomic E-state index is 12.8. The molecule has 0 spiro atoms. The molecule has 1 fully saturated rings. The van der Waals surface area contributed by atoms with Crippen molar-refractivity contribution < 1.29 is 18.3 Å². The fourth-order valence-electron chi connectivity index (χ4n) is 2.91. The molecule has 126 valence electrons. The molecule has 1 aliphatic heterocycles. The lowest BCUT2D eigenvalue weighted by Crippen LogP contribution is -2.48. The van der Waals surface area contributed by atoms with Gasteiger partial charge in [-0.3, -0.25) is 0 Å². The van der Waals surface area contributed by atoms with Crippen molar-refractivity contribution in [1.29, 1.82) is 0 Å². The van der Waals surface area contributed by atoms with Crippen LogP contribution in [0.4, 0.5) is 18.9 Å². The van der Waals surface area contributed by atoms with Crippen LogP contribution in [0.15, 0.2) is 24.3 Å². The van der Waals surface area contributed by atoms with E-state index in [1.807, 2.05) is 28.7 Å². The van der Waals surface area contributed by atoms with Crippen LogP contribution in [0.25, 0.3) is 10.9 Å². The smallest absolute Gasteiger partial charge is 0.391 e. The van der Waals surface area contributed by atoms with Crippen molar-refractivity contribution in [3.8, 4) is 0 Å². The number of anilines is 1. The van der Waals surface area contributed by atoms with Gasteiger partial charge in [0.15, 0.2) is 0 Å². The predicted molar refractivity (Wildman–Crippen MR) is 91.6 cm³/mol. The summed E-state index contributed by atoms with van der Waals surface area (Å²) in [5.74, 6) is 0. The van der Waals surface area contributed by atoms with Gasteiger partial charge in [-0.25, -0.2) is 0 Å². The molecule has 0 radical (unpaired) electrons. The first-order chi connectivity index (χ1) is 10.8. The van der Waals surface area contributed by atoms with Crippen molar-refractivity contribution in [3.05, 3.63) is 28.0 Å². The van der Waals surface area contributed by atoms with E-state index in [9.17, 15) is 18.3 Å². The van der Waals surface area contributed by atoms with Crippen LogP contribution in [0.1, 0.15) is 6.42 Å². The monoisotopic (exact) mass is 439 g/mol. The number of aromatic nitrogens is 1. The minimum absolute atomic E-state index is 0.155. The molecule has 8 heteroatoms. The van der Waals surface area contributed by atoms with E-state index in [2.05, 4.69) is 10.6 Å². The highest BCUT2D eigenvalue weighted by Gasteiger charge is 2.30. The number of rotatable bonds is 3. The fraction of sp³-hybridized carbons (Fsp3) is 0.467. The highest BCUT2D eigenvalue weighted by atomic mass is 127. The molecule has 0 aliphatic carbocycles. The molecule has 0 saturated carbocycles. The Morgan fingerprint density at radius 1 is 1.39 bits per heavy atom. The molecular formula is C15H17F3IN3O. The van der Waals surface area contributed by atoms with Gasteiger partial charge in [0.2, 0.25) is 0 Å². The zero-order valence-corrected chi connectivity index (χ0v) is 14.4. The van der Waals surface area contributed by atoms with Crippen LogP contribution in [0.2, 0.25) is 0 Å². The van der Waals surface area contributed by atoms with Gasteiger partial charge in [0.25, 0.3) is 0 Å². The Kier molecular flexibility index (Phi) is 4.75. The van der Waals surface area contributed by atoms with Crippen molar-refractivity contribution >= 4 is 39.2 Å². The second kappa shape index (κ2) is 6.48. The van der Waals surface area contributed by atoms with Gasteiger partial charge in [0.05, 0.1) is 21.4 Å². The number of benzene rings is 1. The molecule has 2 atom stereocenters. The number of halogens is 4. The van der Waals surface area contributed by atoms with E-state index in [-0.39, 0.29) is 6.04 Å². The Hall–Kier alpha value is -1.00. The molecule has 0 unspecified atom stereocenters. The van der Waals surface area contributed by atoms with Gasteiger partial charge in [-0.05, 0) is 53.8 Å². The number of hydrogen-bond donors (Lipinski definition) is 3. The molecule has 3 rings (SSSR count). The first-order valence-corrected chi connectivity index (χ1v) is 8.43. The number of aliphatic hydroxyl groups is 1. The Balaban J connectivity index is 1.94. The summed E-state index contributed by atoms with van der Waals surface area (Å²) in [5, 5.41) is 17.3. The zero-order chi connectivity index (χ0) is 16.6. The van der Waals surface area contributed by atoms with Crippen LogP contribution in [-0.2, 0) is 6.54 Å². The van der Waals surface area contributed by atoms with Gasteiger partial charge in [0.1, 0.15) is 6.54 Å². The van der Waals surface area contributed by atoms with E-state index in [1.165, 1.54) is 4.57 Å². The van der Waals surface area contributed by atoms with E-state index < -0.39 is 18.8 Å². The third kappa shape index (κ3) is 3.74. The number of nitrogens with zero attached hydrogens (tertiary/aromatic N) is 1. The van der Waals surface area contributed by atoms with Crippen LogP contribution in [0.5, 0.6) is 0 Å². The summed E-state index contributed by atoms with van der Waals surface area (Å²) in [5.41, 5.74) is 1.28. The second-order valence-corrected chi connectivity index (χ2v) is 6.82. The van der Waals surface area contributed by atoms with Crippen LogP contribution in [0, 0.1) is 3.70 Å². The summed E-state index contributed by atoms with van der Waals surface area (Å²) in [4.78, 5) is 0. The Bertz CT molecular complexity index is 701. The third-order valence-electron chi connectivity index (χ3n) is 4.02. The van der Waals surface area contributed by atoms with Crippen LogP contribution in [-0.4, -0.2) is 41.1 Å². The number of fused-ring (bicyclic) bond motifs is 1. The SMILES string of the molecule is O[C@H]1CCNC[C@@H]1Nc1cccc2c1cc(I)n2CC(F)(F)F. The summed E-state index contributed by atoms with van der Waals surface area (Å²) in [6, 6.07) is 6.84. The number of alkyl halides is 3. The van der Waals surface area contributed by atoms with E-state index in [0.29, 0.717) is 22.2 Å². The molecule has 1 saturated heterocycles. The lowest BCUT2D eigenvalue weighted by molar-refractivity contribution is -0.140. The normalized spacial score (nSPS) is 22.5. The standard InChI is InChI=1S/C15H17F3IN3O/c16-15(17,18)8-22-12-3-1-2-10(9(12)6-14(22)19)21-11-7-20-5-4-13(11)23/h1-3,6,11,13,20-21,23H,4-5,7-8H2/t11-,13-/m0/s1. The van der Waals surface area contributed by atoms with E-state index >= 15 is 0 Å². The minimum atomic E-state index is -4.27. The summed E-state index contributed by atoms with van der Waals surface area (Å²) < 4.78 is 40.1. The predicted octanol–water partition coefficient (Wildman–Crippen LogP) is 2.94. The van der Waals surface area contributed by atoms with Crippen molar-refractivity contribution in [1.82, 2.24) is 9.88 Å². The fourth-order valence-corrected chi connectivity index (χ4v) is 3.65. The van der Waals surface area contributed by atoms with Crippen molar-refractivity contribution in [3.63, 3.8) is 0 Å². The average Bonchev–Trinajstić information content (AvgIpc) is 2.77. The number of nitrogens with one attached hydrogen (secondary N) is 2. The highest BCUT2D eigenvalue weighted by molar-refractivity contribution is 14.1. The minimum Gasteiger partial charge on any atom is -0.391 e. The van der Waals surface area contributed by atoms with E-state index in [0.717, 1.165) is 17.6 Å². The largest absolute Gasteiger partial charge is 0.406 e. The van der Waals surface area contributed by atoms with Gasteiger partial charge < -0.3 is 20.3 Å². The van der Waals surface area contributed by atoms with Crippen LogP contribution >= 0.6 is 22.6 Å². The molecule has 0 bridgehead atoms.